The fourth-order valence-electron chi connectivity index (χ4n) is 6.79. The summed E-state index contributed by atoms with van der Waals surface area (Å²) >= 11 is 0. The summed E-state index contributed by atoms with van der Waals surface area (Å²) in [6.07, 6.45) is 2.86. The third-order valence-electron chi connectivity index (χ3n) is 9.73. The van der Waals surface area contributed by atoms with Crippen LogP contribution in [-0.4, -0.2) is 88.2 Å². The van der Waals surface area contributed by atoms with Gasteiger partial charge in [0, 0.05) is 25.4 Å². The first-order valence-electron chi connectivity index (χ1n) is 14.6. The van der Waals surface area contributed by atoms with Crippen molar-refractivity contribution >= 4 is 11.9 Å². The molecule has 2 aliphatic carbocycles. The predicted molar refractivity (Wildman–Crippen MR) is 147 cm³/mol. The Bertz CT molecular complexity index is 1220. The van der Waals surface area contributed by atoms with Crippen molar-refractivity contribution in [2.75, 3.05) is 32.8 Å². The topological polar surface area (TPSA) is 90.3 Å². The lowest BCUT2D eigenvalue weighted by Gasteiger charge is -2.47. The van der Waals surface area contributed by atoms with Crippen molar-refractivity contribution < 1.29 is 42.1 Å². The zero-order chi connectivity index (χ0) is 30.3. The molecular formula is C31H38F4N2O5. The van der Waals surface area contributed by atoms with E-state index >= 15 is 4.39 Å². The van der Waals surface area contributed by atoms with E-state index in [2.05, 4.69) is 0 Å². The molecule has 0 aromatic heterocycles. The second kappa shape index (κ2) is 11.3. The maximum absolute atomic E-state index is 16.5. The molecule has 2 N–H and O–H groups in total. The Morgan fingerprint density at radius 1 is 1.10 bits per heavy atom. The van der Waals surface area contributed by atoms with Gasteiger partial charge in [0.05, 0.1) is 18.1 Å². The van der Waals surface area contributed by atoms with Crippen molar-refractivity contribution in [2.24, 2.45) is 11.3 Å². The second-order valence-electron chi connectivity index (χ2n) is 12.6. The number of likely N-dealkylation sites (tertiary alicyclic amines) is 2. The molecule has 5 rings (SSSR count). The molecule has 1 aromatic rings. The smallest absolute Gasteiger partial charge is 0.395 e. The quantitative estimate of drug-likeness (QED) is 0.418. The van der Waals surface area contributed by atoms with E-state index in [1.807, 2.05) is 4.90 Å². The number of aliphatic carboxylic acids is 1. The zero-order valence-corrected chi connectivity index (χ0v) is 23.7. The first-order valence-corrected chi connectivity index (χ1v) is 14.6. The molecule has 230 valence electrons. The van der Waals surface area contributed by atoms with E-state index in [1.165, 1.54) is 13.0 Å². The number of carbonyl (C=O) groups excluding carboxylic acids is 1. The number of aliphatic hydroxyl groups is 1. The van der Waals surface area contributed by atoms with Crippen LogP contribution in [0.5, 0.6) is 5.75 Å². The van der Waals surface area contributed by atoms with Crippen LogP contribution in [0.15, 0.2) is 48.6 Å². The number of rotatable bonds is 8. The Morgan fingerprint density at radius 3 is 2.33 bits per heavy atom. The number of carboxylic acid groups (broad SMARTS) is 1. The lowest BCUT2D eigenvalue weighted by atomic mass is 9.67. The minimum Gasteiger partial charge on any atom is -0.493 e. The number of carbonyl (C=O) groups is 2. The van der Waals surface area contributed by atoms with Gasteiger partial charge in [-0.05, 0) is 75.4 Å². The van der Waals surface area contributed by atoms with Gasteiger partial charge in [0.25, 0.3) is 5.91 Å². The number of allylic oxidation sites excluding steroid dienone is 3. The Kier molecular flexibility index (Phi) is 8.21. The maximum Gasteiger partial charge on any atom is 0.395 e. The number of carboxylic acids is 1. The van der Waals surface area contributed by atoms with E-state index < -0.39 is 46.7 Å². The van der Waals surface area contributed by atoms with Crippen LogP contribution in [0, 0.1) is 11.3 Å². The second-order valence-corrected chi connectivity index (χ2v) is 12.6. The van der Waals surface area contributed by atoms with Crippen LogP contribution in [0.25, 0.3) is 0 Å². The van der Waals surface area contributed by atoms with Crippen molar-refractivity contribution in [3.63, 3.8) is 0 Å². The standard InChI is InChI=1S/C31H38F4N2O5/c1-28(27(40)41)17-23(38)18-37(28)26(39)30(32)14-3-2-5-25(30)22-6-8-24(9-7-22)42-19-21-10-15-36(16-11-21)20-29(12-4-13-29)31(33,34)35/h2-3,5-9,14,21,23,25,38H,4,10-13,15-20H2,1H3,(H,40,41)/t23-,25?,28+,30?/m1/s1. The molecule has 2 unspecified atom stereocenters. The number of halogens is 4. The van der Waals surface area contributed by atoms with Crippen LogP contribution in [-0.2, 0) is 9.59 Å². The summed E-state index contributed by atoms with van der Waals surface area (Å²) in [7, 11) is 0. The molecule has 3 fully saturated rings. The summed E-state index contributed by atoms with van der Waals surface area (Å²) in [6, 6.07) is 6.70. The average Bonchev–Trinajstić information content (AvgIpc) is 3.24. The highest BCUT2D eigenvalue weighted by Crippen LogP contribution is 2.53. The van der Waals surface area contributed by atoms with Gasteiger partial charge in [-0.15, -0.1) is 0 Å². The van der Waals surface area contributed by atoms with Gasteiger partial charge in [-0.25, -0.2) is 9.18 Å². The Labute approximate surface area is 242 Å². The van der Waals surface area contributed by atoms with E-state index in [-0.39, 0.29) is 38.3 Å². The van der Waals surface area contributed by atoms with E-state index in [0.717, 1.165) is 23.8 Å². The number of hydrogen-bond acceptors (Lipinski definition) is 5. The van der Waals surface area contributed by atoms with Crippen LogP contribution in [0.3, 0.4) is 0 Å². The highest BCUT2D eigenvalue weighted by molar-refractivity contribution is 5.94. The lowest BCUT2D eigenvalue weighted by molar-refractivity contribution is -0.256. The molecule has 2 heterocycles. The largest absolute Gasteiger partial charge is 0.493 e. The minimum absolute atomic E-state index is 0.0722. The maximum atomic E-state index is 16.5. The fourth-order valence-corrected chi connectivity index (χ4v) is 6.79. The van der Waals surface area contributed by atoms with E-state index in [1.54, 1.807) is 36.4 Å². The molecule has 4 aliphatic rings. The normalized spacial score (nSPS) is 31.6. The molecule has 1 amide bonds. The SMILES string of the molecule is C[C@@]1(C(=O)O)C[C@@H](O)CN1C(=O)C1(F)C=CC=CC1c1ccc(OCC2CCN(CC3(C(F)(F)F)CCC3)CC2)cc1. The van der Waals surface area contributed by atoms with Gasteiger partial charge in [0.1, 0.15) is 11.3 Å². The summed E-state index contributed by atoms with van der Waals surface area (Å²) in [4.78, 5) is 28.3. The first-order chi connectivity index (χ1) is 19.8. The molecule has 2 saturated heterocycles. The van der Waals surface area contributed by atoms with Crippen LogP contribution in [0.4, 0.5) is 17.6 Å². The van der Waals surface area contributed by atoms with Crippen molar-refractivity contribution in [3.05, 3.63) is 54.1 Å². The molecule has 11 heteroatoms. The number of nitrogens with zero attached hydrogens (tertiary/aromatic N) is 2. The Balaban J connectivity index is 1.18. The number of ether oxygens (including phenoxy) is 1. The fraction of sp³-hybridized carbons (Fsp3) is 0.613. The third kappa shape index (κ3) is 5.57. The molecule has 7 nitrogen and oxygen atoms in total. The van der Waals surface area contributed by atoms with Crippen LogP contribution >= 0.6 is 0 Å². The molecular weight excluding hydrogens is 556 g/mol. The minimum atomic E-state index is -4.16. The highest BCUT2D eigenvalue weighted by atomic mass is 19.4. The van der Waals surface area contributed by atoms with Crippen molar-refractivity contribution in [3.8, 4) is 5.75 Å². The van der Waals surface area contributed by atoms with Crippen molar-refractivity contribution in [1.29, 1.82) is 0 Å². The van der Waals surface area contributed by atoms with Gasteiger partial charge in [0.2, 0.25) is 5.67 Å². The highest BCUT2D eigenvalue weighted by Gasteiger charge is 2.59. The number of piperidine rings is 1. The van der Waals surface area contributed by atoms with E-state index in [0.29, 0.717) is 37.4 Å². The molecule has 1 aromatic carbocycles. The van der Waals surface area contributed by atoms with Crippen molar-refractivity contribution in [2.45, 2.75) is 74.9 Å². The average molecular weight is 595 g/mol. The summed E-state index contributed by atoms with van der Waals surface area (Å²) in [5.74, 6) is -2.57. The summed E-state index contributed by atoms with van der Waals surface area (Å²) in [6.45, 7) is 2.74. The lowest BCUT2D eigenvalue weighted by Crippen LogP contribution is -2.57. The summed E-state index contributed by atoms with van der Waals surface area (Å²) < 4.78 is 63.1. The van der Waals surface area contributed by atoms with Gasteiger partial charge in [0.15, 0.2) is 0 Å². The number of hydrogen-bond donors (Lipinski definition) is 2. The predicted octanol–water partition coefficient (Wildman–Crippen LogP) is 4.86. The molecule has 4 atom stereocenters. The molecule has 0 spiro atoms. The zero-order valence-electron chi connectivity index (χ0n) is 23.7. The van der Waals surface area contributed by atoms with E-state index in [9.17, 15) is 33.0 Å². The number of amides is 1. The molecule has 1 saturated carbocycles. The number of benzene rings is 1. The van der Waals surface area contributed by atoms with Crippen LogP contribution in [0.2, 0.25) is 0 Å². The summed E-state index contributed by atoms with van der Waals surface area (Å²) in [5, 5.41) is 19.8. The monoisotopic (exact) mass is 594 g/mol. The summed E-state index contributed by atoms with van der Waals surface area (Å²) in [5.41, 5.74) is -5.32. The molecule has 2 aliphatic heterocycles. The number of aliphatic hydroxyl groups excluding tert-OH is 1. The first kappa shape index (κ1) is 30.5. The van der Waals surface area contributed by atoms with Gasteiger partial charge < -0.3 is 24.7 Å². The van der Waals surface area contributed by atoms with Crippen molar-refractivity contribution in [1.82, 2.24) is 9.80 Å². The molecule has 0 radical (unpaired) electrons. The van der Waals surface area contributed by atoms with E-state index in [4.69, 9.17) is 4.74 Å². The van der Waals surface area contributed by atoms with Gasteiger partial charge in [-0.2, -0.15) is 13.2 Å². The molecule has 0 bridgehead atoms. The number of alkyl halides is 4. The van der Waals surface area contributed by atoms with Crippen LogP contribution < -0.4 is 4.74 Å². The Morgan fingerprint density at radius 2 is 1.76 bits per heavy atom. The van der Waals surface area contributed by atoms with Gasteiger partial charge in [-0.3, -0.25) is 4.79 Å². The van der Waals surface area contributed by atoms with Gasteiger partial charge >= 0.3 is 12.1 Å². The third-order valence-corrected chi connectivity index (χ3v) is 9.73. The van der Waals surface area contributed by atoms with Gasteiger partial charge in [-0.1, -0.05) is 36.8 Å². The Hall–Kier alpha value is -2.92. The molecule has 42 heavy (non-hydrogen) atoms. The number of β-amino-alcohol motifs (C(OH)–C–C–N with tert-alkyl or cyclic N) is 1. The van der Waals surface area contributed by atoms with Crippen LogP contribution in [0.1, 0.15) is 56.9 Å².